The molecule has 0 heterocycles. The van der Waals surface area contributed by atoms with Gasteiger partial charge in [-0.1, -0.05) is 30.3 Å². The standard InChI is InChI=1S/C12H17NO4S/c1-17-12(14)9-18(15,16)11(7-8-13)10-5-3-2-4-6-10/h2-6,11H,7-9,13H2,1H3. The van der Waals surface area contributed by atoms with Gasteiger partial charge in [0.2, 0.25) is 0 Å². The molecular formula is C12H17NO4S. The minimum Gasteiger partial charge on any atom is -0.468 e. The predicted molar refractivity (Wildman–Crippen MR) is 68.7 cm³/mol. The van der Waals surface area contributed by atoms with E-state index < -0.39 is 26.8 Å². The Hall–Kier alpha value is -1.40. The van der Waals surface area contributed by atoms with Crippen LogP contribution < -0.4 is 5.73 Å². The van der Waals surface area contributed by atoms with Crippen molar-refractivity contribution in [2.75, 3.05) is 19.4 Å². The van der Waals surface area contributed by atoms with Crippen molar-refractivity contribution in [2.24, 2.45) is 5.73 Å². The van der Waals surface area contributed by atoms with E-state index in [-0.39, 0.29) is 13.0 Å². The van der Waals surface area contributed by atoms with E-state index in [1.165, 1.54) is 0 Å². The van der Waals surface area contributed by atoms with Crippen LogP contribution in [0.5, 0.6) is 0 Å². The molecule has 18 heavy (non-hydrogen) atoms. The van der Waals surface area contributed by atoms with Crippen LogP contribution in [0.4, 0.5) is 0 Å². The smallest absolute Gasteiger partial charge is 0.320 e. The van der Waals surface area contributed by atoms with Crippen LogP contribution in [-0.4, -0.2) is 33.8 Å². The summed E-state index contributed by atoms with van der Waals surface area (Å²) in [5, 5.41) is -0.761. The molecule has 0 saturated heterocycles. The van der Waals surface area contributed by atoms with Crippen LogP contribution in [0, 0.1) is 0 Å². The highest BCUT2D eigenvalue weighted by Crippen LogP contribution is 2.26. The van der Waals surface area contributed by atoms with Crippen molar-refractivity contribution in [3.8, 4) is 0 Å². The fourth-order valence-corrected chi connectivity index (χ4v) is 3.41. The van der Waals surface area contributed by atoms with Crippen molar-refractivity contribution in [3.63, 3.8) is 0 Å². The van der Waals surface area contributed by atoms with Crippen molar-refractivity contribution in [1.82, 2.24) is 0 Å². The van der Waals surface area contributed by atoms with Gasteiger partial charge in [-0.15, -0.1) is 0 Å². The zero-order valence-electron chi connectivity index (χ0n) is 10.2. The Labute approximate surface area is 107 Å². The number of carbonyl (C=O) groups is 1. The van der Waals surface area contributed by atoms with Gasteiger partial charge in [0.15, 0.2) is 9.84 Å². The minimum atomic E-state index is -3.60. The van der Waals surface area contributed by atoms with E-state index in [0.29, 0.717) is 5.56 Å². The third kappa shape index (κ3) is 3.82. The molecular weight excluding hydrogens is 254 g/mol. The lowest BCUT2D eigenvalue weighted by Gasteiger charge is -2.16. The largest absolute Gasteiger partial charge is 0.468 e. The van der Waals surface area contributed by atoms with Crippen LogP contribution in [0.2, 0.25) is 0 Å². The van der Waals surface area contributed by atoms with Crippen molar-refractivity contribution < 1.29 is 17.9 Å². The summed E-state index contributed by atoms with van der Waals surface area (Å²) in [5.74, 6) is -1.38. The molecule has 100 valence electrons. The second-order valence-corrected chi connectivity index (χ2v) is 6.04. The second-order valence-electron chi connectivity index (χ2n) is 3.86. The minimum absolute atomic E-state index is 0.236. The van der Waals surface area contributed by atoms with Gasteiger partial charge in [0.25, 0.3) is 0 Å². The highest BCUT2D eigenvalue weighted by atomic mass is 32.2. The van der Waals surface area contributed by atoms with E-state index in [1.807, 2.05) is 0 Å². The van der Waals surface area contributed by atoms with Crippen LogP contribution in [0.3, 0.4) is 0 Å². The summed E-state index contributed by atoms with van der Waals surface area (Å²) in [4.78, 5) is 11.1. The second kappa shape index (κ2) is 6.51. The van der Waals surface area contributed by atoms with E-state index in [4.69, 9.17) is 5.73 Å². The van der Waals surface area contributed by atoms with Crippen molar-refractivity contribution in [2.45, 2.75) is 11.7 Å². The highest BCUT2D eigenvalue weighted by Gasteiger charge is 2.29. The fourth-order valence-electron chi connectivity index (χ4n) is 1.70. The molecule has 0 saturated carbocycles. The number of esters is 1. The molecule has 0 amide bonds. The number of hydrogen-bond acceptors (Lipinski definition) is 5. The van der Waals surface area contributed by atoms with E-state index in [0.717, 1.165) is 7.11 Å². The summed E-state index contributed by atoms with van der Waals surface area (Å²) in [6, 6.07) is 8.75. The molecule has 5 nitrogen and oxygen atoms in total. The van der Waals surface area contributed by atoms with Gasteiger partial charge in [0.05, 0.1) is 12.4 Å². The van der Waals surface area contributed by atoms with Crippen molar-refractivity contribution in [1.29, 1.82) is 0 Å². The molecule has 1 rings (SSSR count). The average Bonchev–Trinajstić information content (AvgIpc) is 2.36. The number of ether oxygens (including phenoxy) is 1. The summed E-state index contributed by atoms with van der Waals surface area (Å²) in [7, 11) is -2.44. The molecule has 1 aromatic rings. The molecule has 0 bridgehead atoms. The summed E-state index contributed by atoms with van der Waals surface area (Å²) < 4.78 is 28.7. The number of methoxy groups -OCH3 is 1. The van der Waals surface area contributed by atoms with Gasteiger partial charge in [-0.3, -0.25) is 4.79 Å². The number of benzene rings is 1. The Morgan fingerprint density at radius 1 is 1.33 bits per heavy atom. The molecule has 0 aromatic heterocycles. The van der Waals surface area contributed by atoms with Crippen LogP contribution in [-0.2, 0) is 19.4 Å². The predicted octanol–water partition coefficient (Wildman–Crippen LogP) is 0.664. The SMILES string of the molecule is COC(=O)CS(=O)(=O)C(CCN)c1ccccc1. The number of hydrogen-bond donors (Lipinski definition) is 1. The summed E-state index contributed by atoms with van der Waals surface area (Å²) >= 11 is 0. The third-order valence-corrected chi connectivity index (χ3v) is 4.59. The summed E-state index contributed by atoms with van der Waals surface area (Å²) in [6.07, 6.45) is 0.281. The first kappa shape index (κ1) is 14.7. The van der Waals surface area contributed by atoms with Gasteiger partial charge in [0.1, 0.15) is 5.75 Å². The highest BCUT2D eigenvalue weighted by molar-refractivity contribution is 7.92. The molecule has 6 heteroatoms. The Morgan fingerprint density at radius 2 is 1.94 bits per heavy atom. The quantitative estimate of drug-likeness (QED) is 0.768. The van der Waals surface area contributed by atoms with Gasteiger partial charge in [0, 0.05) is 0 Å². The number of nitrogens with two attached hydrogens (primary N) is 1. The average molecular weight is 271 g/mol. The molecule has 1 aromatic carbocycles. The molecule has 2 N–H and O–H groups in total. The first-order valence-electron chi connectivity index (χ1n) is 5.54. The van der Waals surface area contributed by atoms with Gasteiger partial charge in [-0.2, -0.15) is 0 Å². The van der Waals surface area contributed by atoms with Gasteiger partial charge >= 0.3 is 5.97 Å². The topological polar surface area (TPSA) is 86.5 Å². The Kier molecular flexibility index (Phi) is 5.30. The molecule has 0 aliphatic heterocycles. The van der Waals surface area contributed by atoms with Gasteiger partial charge < -0.3 is 10.5 Å². The first-order valence-corrected chi connectivity index (χ1v) is 7.26. The number of sulfone groups is 1. The fraction of sp³-hybridized carbons (Fsp3) is 0.417. The monoisotopic (exact) mass is 271 g/mol. The lowest BCUT2D eigenvalue weighted by molar-refractivity contribution is -0.137. The molecule has 0 spiro atoms. The molecule has 0 radical (unpaired) electrons. The molecule has 0 aliphatic carbocycles. The zero-order valence-corrected chi connectivity index (χ0v) is 11.0. The van der Waals surface area contributed by atoms with Crippen LogP contribution in [0.1, 0.15) is 17.2 Å². The van der Waals surface area contributed by atoms with Crippen molar-refractivity contribution >= 4 is 15.8 Å². The Bertz CT molecular complexity index is 484. The van der Waals surface area contributed by atoms with E-state index >= 15 is 0 Å². The molecule has 0 fully saturated rings. The molecule has 0 aliphatic rings. The van der Waals surface area contributed by atoms with Gasteiger partial charge in [-0.25, -0.2) is 8.42 Å². The van der Waals surface area contributed by atoms with Crippen LogP contribution in [0.25, 0.3) is 0 Å². The zero-order chi connectivity index (χ0) is 13.6. The number of carbonyl (C=O) groups excluding carboxylic acids is 1. The van der Waals surface area contributed by atoms with E-state index in [1.54, 1.807) is 30.3 Å². The maximum absolute atomic E-state index is 12.1. The lowest BCUT2D eigenvalue weighted by atomic mass is 10.1. The number of rotatable bonds is 6. The van der Waals surface area contributed by atoms with E-state index in [2.05, 4.69) is 4.74 Å². The summed E-state index contributed by atoms with van der Waals surface area (Å²) in [6.45, 7) is 0.236. The van der Waals surface area contributed by atoms with Crippen molar-refractivity contribution in [3.05, 3.63) is 35.9 Å². The van der Waals surface area contributed by atoms with E-state index in [9.17, 15) is 13.2 Å². The third-order valence-electron chi connectivity index (χ3n) is 2.58. The molecule has 1 atom stereocenters. The lowest BCUT2D eigenvalue weighted by Crippen LogP contribution is -2.25. The first-order chi connectivity index (χ1) is 8.51. The summed E-state index contributed by atoms with van der Waals surface area (Å²) in [5.41, 5.74) is 6.09. The maximum Gasteiger partial charge on any atom is 0.320 e. The van der Waals surface area contributed by atoms with Gasteiger partial charge in [-0.05, 0) is 18.5 Å². The maximum atomic E-state index is 12.1. The van der Waals surface area contributed by atoms with Crippen LogP contribution >= 0.6 is 0 Å². The van der Waals surface area contributed by atoms with Crippen LogP contribution in [0.15, 0.2) is 30.3 Å². The molecule has 1 unspecified atom stereocenters. The normalized spacial score (nSPS) is 13.0. The Morgan fingerprint density at radius 3 is 2.44 bits per heavy atom. The Balaban J connectivity index is 3.02.